The van der Waals surface area contributed by atoms with Gasteiger partial charge in [-0.3, -0.25) is 0 Å². The monoisotopic (exact) mass is 804 g/mol. The number of hydrogen-bond donors (Lipinski definition) is 0. The Morgan fingerprint density at radius 1 is 0.317 bits per heavy atom. The lowest BCUT2D eigenvalue weighted by molar-refractivity contribution is 0.669. The van der Waals surface area contributed by atoms with Gasteiger partial charge in [-0.1, -0.05) is 133 Å². The second-order valence-corrected chi connectivity index (χ2v) is 16.3. The normalized spacial score (nSPS) is 12.1. The summed E-state index contributed by atoms with van der Waals surface area (Å²) in [4.78, 5) is 15.3. The Labute approximate surface area is 358 Å². The van der Waals surface area contributed by atoms with E-state index in [0.29, 0.717) is 17.5 Å². The van der Waals surface area contributed by atoms with Crippen molar-refractivity contribution in [2.75, 3.05) is 0 Å². The fraction of sp³-hybridized carbons (Fsp3) is 0. The van der Waals surface area contributed by atoms with E-state index in [-0.39, 0.29) is 0 Å². The zero-order chi connectivity index (χ0) is 41.2. The lowest BCUT2D eigenvalue weighted by Crippen LogP contribution is -2.00. The van der Waals surface area contributed by atoms with Gasteiger partial charge in [-0.25, -0.2) is 15.0 Å². The lowest BCUT2D eigenvalue weighted by Gasteiger charge is -2.13. The predicted molar refractivity (Wildman–Crippen MR) is 258 cm³/mol. The first-order chi connectivity index (χ1) is 31.2. The van der Waals surface area contributed by atoms with Crippen molar-refractivity contribution in [1.82, 2.24) is 19.5 Å². The van der Waals surface area contributed by atoms with Crippen LogP contribution in [0, 0.1) is 0 Å². The van der Waals surface area contributed by atoms with Crippen LogP contribution in [0.5, 0.6) is 0 Å². The Kier molecular flexibility index (Phi) is 7.02. The summed E-state index contributed by atoms with van der Waals surface area (Å²) in [5, 5.41) is 13.7. The highest BCUT2D eigenvalue weighted by atomic mass is 16.3. The number of hydrogen-bond acceptors (Lipinski definition) is 5. The topological polar surface area (TPSA) is 69.9 Å². The molecule has 0 saturated carbocycles. The molecule has 10 aromatic carbocycles. The lowest BCUT2D eigenvalue weighted by atomic mass is 10.0. The van der Waals surface area contributed by atoms with Gasteiger partial charge in [-0.05, 0) is 82.2 Å². The van der Waals surface area contributed by atoms with Crippen LogP contribution in [0.2, 0.25) is 0 Å². The van der Waals surface area contributed by atoms with Gasteiger partial charge in [0.25, 0.3) is 0 Å². The molecular formula is C57H32N4O2. The molecule has 6 nitrogen and oxygen atoms in total. The number of nitrogens with zero attached hydrogens (tertiary/aromatic N) is 4. The molecule has 14 aromatic rings. The quantitative estimate of drug-likeness (QED) is 0.177. The van der Waals surface area contributed by atoms with Crippen molar-refractivity contribution in [3.63, 3.8) is 0 Å². The highest BCUT2D eigenvalue weighted by Crippen LogP contribution is 2.44. The zero-order valence-electron chi connectivity index (χ0n) is 33.6. The molecule has 0 aliphatic carbocycles. The van der Waals surface area contributed by atoms with Crippen LogP contribution in [0.3, 0.4) is 0 Å². The molecule has 14 rings (SSSR count). The number of aromatic nitrogens is 4. The van der Waals surface area contributed by atoms with Gasteiger partial charge in [0.15, 0.2) is 17.5 Å². The maximum absolute atomic E-state index is 6.80. The fourth-order valence-electron chi connectivity index (χ4n) is 9.85. The number of para-hydroxylation sites is 1. The average molecular weight is 805 g/mol. The minimum Gasteiger partial charge on any atom is -0.456 e. The van der Waals surface area contributed by atoms with Crippen LogP contribution in [0.4, 0.5) is 0 Å². The summed E-state index contributed by atoms with van der Waals surface area (Å²) in [5.41, 5.74) is 9.30. The number of furan rings is 2. The van der Waals surface area contributed by atoms with Gasteiger partial charge >= 0.3 is 0 Å². The largest absolute Gasteiger partial charge is 0.456 e. The molecule has 0 unspecified atom stereocenters. The molecule has 0 N–H and O–H groups in total. The van der Waals surface area contributed by atoms with E-state index in [1.807, 2.05) is 66.7 Å². The summed E-state index contributed by atoms with van der Waals surface area (Å²) in [6, 6.07) is 68.1. The van der Waals surface area contributed by atoms with Gasteiger partial charge in [-0.2, -0.15) is 0 Å². The minimum absolute atomic E-state index is 0.568. The minimum atomic E-state index is 0.568. The van der Waals surface area contributed by atoms with Crippen molar-refractivity contribution in [2.45, 2.75) is 0 Å². The summed E-state index contributed by atoms with van der Waals surface area (Å²) in [6.07, 6.45) is 0. The van der Waals surface area contributed by atoms with E-state index in [9.17, 15) is 0 Å². The van der Waals surface area contributed by atoms with Gasteiger partial charge in [0.2, 0.25) is 0 Å². The number of rotatable bonds is 4. The summed E-state index contributed by atoms with van der Waals surface area (Å²) in [6.45, 7) is 0. The van der Waals surface area contributed by atoms with Crippen LogP contribution in [-0.2, 0) is 0 Å². The molecule has 4 heterocycles. The fourth-order valence-corrected chi connectivity index (χ4v) is 9.85. The second kappa shape index (κ2) is 12.9. The molecule has 0 saturated heterocycles. The first-order valence-corrected chi connectivity index (χ1v) is 21.2. The number of benzene rings is 10. The van der Waals surface area contributed by atoms with Crippen molar-refractivity contribution < 1.29 is 8.83 Å². The highest BCUT2D eigenvalue weighted by Gasteiger charge is 2.22. The molecule has 0 aliphatic rings. The van der Waals surface area contributed by atoms with Gasteiger partial charge in [-0.15, -0.1) is 0 Å². The molecule has 292 valence electrons. The third kappa shape index (κ3) is 5.09. The Hall–Kier alpha value is -8.61. The smallest absolute Gasteiger partial charge is 0.164 e. The first-order valence-electron chi connectivity index (χ1n) is 21.2. The standard InChI is InChI=1S/C57H32N4O2/c1-2-13-34(14-3-1)55-58-56(60-57(59-55)38-22-25-42-41-19-10-11-21-50(41)62-52(42)31-38)37-24-27-51-44(29-37)45-32-49(40-18-8-9-20-43(40)54(45)63-51)61-47-26-23-33-12-6-7-17-39(33)53(47)46-28-35-15-4-5-16-36(35)30-48(46)61/h1-32H. The molecular weight excluding hydrogens is 773 g/mol. The number of fused-ring (bicyclic) bond motifs is 14. The van der Waals surface area contributed by atoms with E-state index in [1.165, 1.54) is 32.3 Å². The van der Waals surface area contributed by atoms with E-state index in [0.717, 1.165) is 88.1 Å². The van der Waals surface area contributed by atoms with Crippen LogP contribution in [-0.4, -0.2) is 19.5 Å². The van der Waals surface area contributed by atoms with Gasteiger partial charge in [0, 0.05) is 59.8 Å². The third-order valence-electron chi connectivity index (χ3n) is 12.8. The van der Waals surface area contributed by atoms with E-state index < -0.39 is 0 Å². The first kappa shape index (κ1) is 34.1. The average Bonchev–Trinajstić information content (AvgIpc) is 4.02. The van der Waals surface area contributed by atoms with E-state index >= 15 is 0 Å². The maximum atomic E-state index is 6.80. The van der Waals surface area contributed by atoms with Crippen molar-refractivity contribution in [3.8, 4) is 39.9 Å². The van der Waals surface area contributed by atoms with Gasteiger partial charge < -0.3 is 13.4 Å². The molecule has 0 atom stereocenters. The summed E-state index contributed by atoms with van der Waals surface area (Å²) in [7, 11) is 0. The maximum Gasteiger partial charge on any atom is 0.164 e. The summed E-state index contributed by atoms with van der Waals surface area (Å²) in [5.74, 6) is 1.73. The van der Waals surface area contributed by atoms with Gasteiger partial charge in [0.05, 0.1) is 16.7 Å². The Balaban J connectivity index is 1.01. The molecule has 0 aliphatic heterocycles. The third-order valence-corrected chi connectivity index (χ3v) is 12.8. The van der Waals surface area contributed by atoms with Crippen LogP contribution >= 0.6 is 0 Å². The van der Waals surface area contributed by atoms with E-state index in [2.05, 4.69) is 132 Å². The second-order valence-electron chi connectivity index (χ2n) is 16.3. The Morgan fingerprint density at radius 2 is 0.937 bits per heavy atom. The Bertz CT molecular complexity index is 4220. The van der Waals surface area contributed by atoms with Gasteiger partial charge in [0.1, 0.15) is 22.3 Å². The molecule has 0 amide bonds. The molecule has 6 heteroatoms. The van der Waals surface area contributed by atoms with Crippen LogP contribution in [0.1, 0.15) is 0 Å². The van der Waals surface area contributed by atoms with Crippen molar-refractivity contribution in [3.05, 3.63) is 194 Å². The molecule has 0 fully saturated rings. The molecule has 0 radical (unpaired) electrons. The van der Waals surface area contributed by atoms with Crippen LogP contribution < -0.4 is 0 Å². The molecule has 0 spiro atoms. The molecule has 0 bridgehead atoms. The SMILES string of the molecule is c1ccc(-c2nc(-c3ccc4c(c3)oc3ccccc34)nc(-c3ccc4oc5c6ccccc6c(-n6c7cc8ccccc8cc7c7c8ccccc8ccc76)cc5c4c3)n2)cc1. The van der Waals surface area contributed by atoms with E-state index in [4.69, 9.17) is 23.8 Å². The van der Waals surface area contributed by atoms with Crippen molar-refractivity contribution in [2.24, 2.45) is 0 Å². The van der Waals surface area contributed by atoms with E-state index in [1.54, 1.807) is 0 Å². The van der Waals surface area contributed by atoms with Crippen LogP contribution in [0.25, 0.3) is 138 Å². The Morgan fingerprint density at radius 3 is 1.76 bits per heavy atom. The highest BCUT2D eigenvalue weighted by molar-refractivity contribution is 6.25. The molecule has 63 heavy (non-hydrogen) atoms. The predicted octanol–water partition coefficient (Wildman–Crippen LogP) is 15.2. The summed E-state index contributed by atoms with van der Waals surface area (Å²) >= 11 is 0. The van der Waals surface area contributed by atoms with Crippen LogP contribution in [0.15, 0.2) is 203 Å². The van der Waals surface area contributed by atoms with Crippen molar-refractivity contribution >= 4 is 98.0 Å². The zero-order valence-corrected chi connectivity index (χ0v) is 33.6. The summed E-state index contributed by atoms with van der Waals surface area (Å²) < 4.78 is 15.5. The molecule has 4 aromatic heterocycles. The van der Waals surface area contributed by atoms with Crippen molar-refractivity contribution in [1.29, 1.82) is 0 Å².